The summed E-state index contributed by atoms with van der Waals surface area (Å²) in [6.07, 6.45) is 4.81. The topological polar surface area (TPSA) is 68.5 Å². The Bertz CT molecular complexity index is 455. The molecule has 2 heterocycles. The minimum Gasteiger partial charge on any atom is -0.381 e. The molecule has 2 atom stereocenters. The predicted octanol–water partition coefficient (Wildman–Crippen LogP) is 1.31. The van der Waals surface area contributed by atoms with Gasteiger partial charge in [-0.05, 0) is 18.9 Å². The van der Waals surface area contributed by atoms with E-state index >= 15 is 0 Å². The van der Waals surface area contributed by atoms with E-state index in [1.807, 2.05) is 0 Å². The van der Waals surface area contributed by atoms with Gasteiger partial charge < -0.3 is 15.4 Å². The predicted molar refractivity (Wildman–Crippen MR) is 73.2 cm³/mol. The molecule has 2 N–H and O–H groups in total. The van der Waals surface area contributed by atoms with Crippen molar-refractivity contribution in [3.8, 4) is 0 Å². The van der Waals surface area contributed by atoms with Crippen LogP contribution in [0.5, 0.6) is 0 Å². The second kappa shape index (κ2) is 6.32. The fourth-order valence-electron chi connectivity index (χ4n) is 2.42. The first-order valence-corrected chi connectivity index (χ1v) is 6.68. The van der Waals surface area contributed by atoms with E-state index in [0.29, 0.717) is 23.7 Å². The Morgan fingerprint density at radius 1 is 1.68 bits per heavy atom. The average Bonchev–Trinajstić information content (AvgIpc) is 2.46. The van der Waals surface area contributed by atoms with Gasteiger partial charge in [-0.25, -0.2) is 0 Å². The lowest BCUT2D eigenvalue weighted by molar-refractivity contribution is 0.0139. The van der Waals surface area contributed by atoms with Crippen LogP contribution < -0.4 is 5.73 Å². The van der Waals surface area contributed by atoms with Gasteiger partial charge in [0, 0.05) is 38.6 Å². The molecule has 19 heavy (non-hydrogen) atoms. The molecule has 2 rings (SSSR count). The number of carbonyl (C=O) groups excluding carboxylic acids is 1. The number of pyridine rings is 1. The third-order valence-corrected chi connectivity index (χ3v) is 3.84. The average molecular weight is 284 g/mol. The number of hydrogen-bond acceptors (Lipinski definition) is 4. The summed E-state index contributed by atoms with van der Waals surface area (Å²) in [5.41, 5.74) is 6.25. The largest absolute Gasteiger partial charge is 0.381 e. The molecule has 1 fully saturated rings. The van der Waals surface area contributed by atoms with E-state index in [0.717, 1.165) is 12.8 Å². The molecule has 1 amide bonds. The molecule has 5 nitrogen and oxygen atoms in total. The summed E-state index contributed by atoms with van der Waals surface area (Å²) in [5.74, 6) is -0.0857. The number of ether oxygens (including phenoxy) is 1. The zero-order valence-corrected chi connectivity index (χ0v) is 11.6. The molecule has 1 saturated heterocycles. The molecule has 0 aromatic carbocycles. The molecule has 1 aliphatic heterocycles. The summed E-state index contributed by atoms with van der Waals surface area (Å²) < 4.78 is 5.35. The van der Waals surface area contributed by atoms with Gasteiger partial charge in [-0.2, -0.15) is 0 Å². The molecule has 0 radical (unpaired) electrons. The summed E-state index contributed by atoms with van der Waals surface area (Å²) >= 11 is 6.02. The first kappa shape index (κ1) is 14.2. The maximum Gasteiger partial charge on any atom is 0.255 e. The van der Waals surface area contributed by atoms with Crippen LogP contribution >= 0.6 is 11.6 Å². The van der Waals surface area contributed by atoms with Crippen LogP contribution in [0.25, 0.3) is 0 Å². The Kier molecular flexibility index (Phi) is 4.74. The van der Waals surface area contributed by atoms with Crippen LogP contribution in [0.4, 0.5) is 0 Å². The minimum atomic E-state index is -0.0857. The van der Waals surface area contributed by atoms with Gasteiger partial charge in [-0.15, -0.1) is 0 Å². The molecule has 1 aliphatic rings. The van der Waals surface area contributed by atoms with E-state index in [1.165, 1.54) is 6.20 Å². The Morgan fingerprint density at radius 3 is 3.11 bits per heavy atom. The fraction of sp³-hybridized carbons (Fsp3) is 0.538. The van der Waals surface area contributed by atoms with Crippen LogP contribution in [0.3, 0.4) is 0 Å². The molecule has 0 saturated carbocycles. The summed E-state index contributed by atoms with van der Waals surface area (Å²) in [4.78, 5) is 18.2. The fourth-order valence-corrected chi connectivity index (χ4v) is 2.62. The molecule has 0 bridgehead atoms. The summed E-state index contributed by atoms with van der Waals surface area (Å²) in [7, 11) is 1.69. The quantitative estimate of drug-likeness (QED) is 0.908. The summed E-state index contributed by atoms with van der Waals surface area (Å²) in [6.45, 7) is 1.06. The molecular formula is C13H18ClN3O2. The summed E-state index contributed by atoms with van der Waals surface area (Å²) in [6, 6.07) is 1.64. The Morgan fingerprint density at radius 2 is 2.47 bits per heavy atom. The van der Waals surface area contributed by atoms with Gasteiger partial charge in [0.25, 0.3) is 5.91 Å². The zero-order valence-electron chi connectivity index (χ0n) is 10.9. The number of halogens is 1. The first-order valence-electron chi connectivity index (χ1n) is 6.30. The second-order valence-electron chi connectivity index (χ2n) is 4.63. The van der Waals surface area contributed by atoms with Crippen molar-refractivity contribution >= 4 is 17.5 Å². The van der Waals surface area contributed by atoms with Crippen molar-refractivity contribution in [3.05, 3.63) is 29.0 Å². The lowest BCUT2D eigenvalue weighted by Gasteiger charge is -2.38. The maximum absolute atomic E-state index is 12.5. The van der Waals surface area contributed by atoms with Crippen LogP contribution in [0.2, 0.25) is 5.02 Å². The van der Waals surface area contributed by atoms with Gasteiger partial charge in [0.2, 0.25) is 0 Å². The third-order valence-electron chi connectivity index (χ3n) is 3.54. The zero-order chi connectivity index (χ0) is 13.8. The molecule has 0 aliphatic carbocycles. The normalized spacial score (nSPS) is 23.4. The molecule has 2 unspecified atom stereocenters. The SMILES string of the molecule is COC1CCN(C(=O)c2ccncc2Cl)C(CN)C1. The van der Waals surface area contributed by atoms with Crippen LogP contribution in [0.1, 0.15) is 23.2 Å². The number of rotatable bonds is 3. The number of amides is 1. The van der Waals surface area contributed by atoms with Crippen molar-refractivity contribution < 1.29 is 9.53 Å². The maximum atomic E-state index is 12.5. The molecule has 6 heteroatoms. The number of methoxy groups -OCH3 is 1. The number of hydrogen-bond donors (Lipinski definition) is 1. The highest BCUT2D eigenvalue weighted by Gasteiger charge is 2.31. The number of aromatic nitrogens is 1. The minimum absolute atomic E-state index is 0.00423. The smallest absolute Gasteiger partial charge is 0.255 e. The second-order valence-corrected chi connectivity index (χ2v) is 5.03. The van der Waals surface area contributed by atoms with Gasteiger partial charge in [-0.3, -0.25) is 9.78 Å². The molecular weight excluding hydrogens is 266 g/mol. The van der Waals surface area contributed by atoms with Crippen molar-refractivity contribution in [3.63, 3.8) is 0 Å². The monoisotopic (exact) mass is 283 g/mol. The van der Waals surface area contributed by atoms with E-state index in [1.54, 1.807) is 24.3 Å². The van der Waals surface area contributed by atoms with Crippen molar-refractivity contribution in [2.24, 2.45) is 5.73 Å². The van der Waals surface area contributed by atoms with Crippen molar-refractivity contribution in [1.29, 1.82) is 0 Å². The van der Waals surface area contributed by atoms with Gasteiger partial charge >= 0.3 is 0 Å². The highest BCUT2D eigenvalue weighted by Crippen LogP contribution is 2.23. The van der Waals surface area contributed by atoms with E-state index in [4.69, 9.17) is 22.1 Å². The number of likely N-dealkylation sites (tertiary alicyclic amines) is 1. The van der Waals surface area contributed by atoms with Crippen LogP contribution in [-0.4, -0.2) is 48.1 Å². The number of carbonyl (C=O) groups is 1. The highest BCUT2D eigenvalue weighted by molar-refractivity contribution is 6.33. The number of nitrogens with two attached hydrogens (primary N) is 1. The Labute approximate surface area is 117 Å². The number of nitrogens with zero attached hydrogens (tertiary/aromatic N) is 2. The summed E-state index contributed by atoms with van der Waals surface area (Å²) in [5, 5.41) is 0.372. The van der Waals surface area contributed by atoms with Crippen LogP contribution in [0, 0.1) is 0 Å². The van der Waals surface area contributed by atoms with E-state index < -0.39 is 0 Å². The lowest BCUT2D eigenvalue weighted by atomic mass is 9.98. The first-order chi connectivity index (χ1) is 9.17. The molecule has 1 aromatic rings. The van der Waals surface area contributed by atoms with Gasteiger partial charge in [-0.1, -0.05) is 11.6 Å². The molecule has 1 aromatic heterocycles. The van der Waals surface area contributed by atoms with Gasteiger partial charge in [0.15, 0.2) is 0 Å². The van der Waals surface area contributed by atoms with E-state index in [2.05, 4.69) is 4.98 Å². The lowest BCUT2D eigenvalue weighted by Crippen LogP contribution is -2.51. The van der Waals surface area contributed by atoms with Crippen molar-refractivity contribution in [2.75, 3.05) is 20.2 Å². The third kappa shape index (κ3) is 3.05. The number of piperidine rings is 1. The van der Waals surface area contributed by atoms with Gasteiger partial charge in [0.05, 0.1) is 16.7 Å². The van der Waals surface area contributed by atoms with E-state index in [9.17, 15) is 4.79 Å². The van der Waals surface area contributed by atoms with Crippen molar-refractivity contribution in [2.45, 2.75) is 25.0 Å². The standard InChI is InChI=1S/C13H18ClN3O2/c1-19-10-3-5-17(9(6-10)7-15)13(18)11-2-4-16-8-12(11)14/h2,4,8-10H,3,5-7,15H2,1H3. The van der Waals surface area contributed by atoms with E-state index in [-0.39, 0.29) is 18.1 Å². The van der Waals surface area contributed by atoms with Crippen LogP contribution in [-0.2, 0) is 4.74 Å². The Balaban J connectivity index is 2.17. The Hall–Kier alpha value is -1.17. The highest BCUT2D eigenvalue weighted by atomic mass is 35.5. The van der Waals surface area contributed by atoms with Crippen molar-refractivity contribution in [1.82, 2.24) is 9.88 Å². The van der Waals surface area contributed by atoms with Crippen LogP contribution in [0.15, 0.2) is 18.5 Å². The van der Waals surface area contributed by atoms with Gasteiger partial charge in [0.1, 0.15) is 0 Å². The molecule has 0 spiro atoms. The molecule has 104 valence electrons.